The molecule has 78 valence electrons. The number of rotatable bonds is 2. The second kappa shape index (κ2) is 3.95. The molecule has 2 rings (SSSR count). The average molecular weight is 219 g/mol. The first-order valence-corrected chi connectivity index (χ1v) is 5.52. The number of nitrogen functional groups attached to an aromatic ring is 1. The van der Waals surface area contributed by atoms with Gasteiger partial charge in [0.05, 0.1) is 7.11 Å². The maximum atomic E-state index is 5.71. The third-order valence-electron chi connectivity index (χ3n) is 2.23. The lowest BCUT2D eigenvalue weighted by atomic mass is 10.1. The van der Waals surface area contributed by atoms with Crippen LogP contribution in [0.3, 0.4) is 0 Å². The van der Waals surface area contributed by atoms with Gasteiger partial charge in [0.2, 0.25) is 0 Å². The van der Waals surface area contributed by atoms with Crippen molar-refractivity contribution in [2.75, 3.05) is 12.8 Å². The van der Waals surface area contributed by atoms with Crippen LogP contribution in [0.1, 0.15) is 4.88 Å². The zero-order valence-electron chi connectivity index (χ0n) is 8.78. The van der Waals surface area contributed by atoms with Crippen molar-refractivity contribution in [2.24, 2.45) is 0 Å². The van der Waals surface area contributed by atoms with Gasteiger partial charge >= 0.3 is 0 Å². The molecule has 0 aliphatic rings. The van der Waals surface area contributed by atoms with Gasteiger partial charge in [-0.1, -0.05) is 0 Å². The van der Waals surface area contributed by atoms with Crippen LogP contribution in [0, 0.1) is 6.92 Å². The number of nitrogens with two attached hydrogens (primary N) is 1. The Labute approximate surface area is 93.3 Å². The van der Waals surface area contributed by atoms with Gasteiger partial charge in [-0.15, -0.1) is 11.3 Å². The van der Waals surface area contributed by atoms with Crippen molar-refractivity contribution < 1.29 is 4.74 Å². The van der Waals surface area contributed by atoms with Gasteiger partial charge in [0, 0.05) is 27.1 Å². The Kier molecular flexibility index (Phi) is 2.64. The van der Waals surface area contributed by atoms with Gasteiger partial charge < -0.3 is 10.5 Å². The van der Waals surface area contributed by atoms with Crippen LogP contribution >= 0.6 is 11.3 Å². The lowest BCUT2D eigenvalue weighted by Crippen LogP contribution is -1.90. The largest absolute Gasteiger partial charge is 0.496 e. The fourth-order valence-corrected chi connectivity index (χ4v) is 2.39. The summed E-state index contributed by atoms with van der Waals surface area (Å²) in [6.07, 6.45) is 0. The van der Waals surface area contributed by atoms with Gasteiger partial charge in [0.25, 0.3) is 0 Å². The number of anilines is 1. The molecule has 15 heavy (non-hydrogen) atoms. The standard InChI is InChI=1S/C12H13NOS/c1-8-3-6-12(15-8)10-5-4-9(13)7-11(10)14-2/h3-7H,13H2,1-2H3. The summed E-state index contributed by atoms with van der Waals surface area (Å²) < 4.78 is 5.32. The highest BCUT2D eigenvalue weighted by atomic mass is 32.1. The molecule has 0 radical (unpaired) electrons. The van der Waals surface area contributed by atoms with E-state index in [2.05, 4.69) is 19.1 Å². The second-order valence-electron chi connectivity index (χ2n) is 3.37. The van der Waals surface area contributed by atoms with Gasteiger partial charge in [-0.05, 0) is 31.2 Å². The molecule has 2 aromatic rings. The minimum atomic E-state index is 0.726. The summed E-state index contributed by atoms with van der Waals surface area (Å²) in [7, 11) is 1.67. The summed E-state index contributed by atoms with van der Waals surface area (Å²) in [5.41, 5.74) is 7.54. The Morgan fingerprint density at radius 2 is 2.00 bits per heavy atom. The summed E-state index contributed by atoms with van der Waals surface area (Å²) in [6, 6.07) is 9.96. The van der Waals surface area contributed by atoms with Crippen molar-refractivity contribution in [1.82, 2.24) is 0 Å². The molecule has 0 fully saturated rings. The molecule has 2 N–H and O–H groups in total. The zero-order valence-corrected chi connectivity index (χ0v) is 9.60. The number of methoxy groups -OCH3 is 1. The highest BCUT2D eigenvalue weighted by Gasteiger charge is 2.07. The summed E-state index contributed by atoms with van der Waals surface area (Å²) in [4.78, 5) is 2.51. The first kappa shape index (κ1) is 10.1. The van der Waals surface area contributed by atoms with Crippen molar-refractivity contribution in [2.45, 2.75) is 6.92 Å². The number of benzene rings is 1. The summed E-state index contributed by atoms with van der Waals surface area (Å²) >= 11 is 1.76. The molecule has 2 nitrogen and oxygen atoms in total. The van der Waals surface area contributed by atoms with E-state index in [0.717, 1.165) is 17.0 Å². The number of hydrogen-bond donors (Lipinski definition) is 1. The van der Waals surface area contributed by atoms with Gasteiger partial charge in [-0.3, -0.25) is 0 Å². The minimum Gasteiger partial charge on any atom is -0.496 e. The smallest absolute Gasteiger partial charge is 0.129 e. The van der Waals surface area contributed by atoms with Crippen LogP contribution in [0.25, 0.3) is 10.4 Å². The Morgan fingerprint density at radius 1 is 1.20 bits per heavy atom. The monoisotopic (exact) mass is 219 g/mol. The molecule has 0 unspecified atom stereocenters. The average Bonchev–Trinajstić information content (AvgIpc) is 2.64. The van der Waals surface area contributed by atoms with Crippen LogP contribution in [-0.4, -0.2) is 7.11 Å². The normalized spacial score (nSPS) is 10.3. The predicted octanol–water partition coefficient (Wildman–Crippen LogP) is 3.31. The van der Waals surface area contributed by atoms with Crippen LogP contribution in [-0.2, 0) is 0 Å². The predicted molar refractivity (Wildman–Crippen MR) is 65.5 cm³/mol. The van der Waals surface area contributed by atoms with E-state index in [4.69, 9.17) is 10.5 Å². The molecule has 0 spiro atoms. The number of thiophene rings is 1. The van der Waals surface area contributed by atoms with Crippen molar-refractivity contribution >= 4 is 17.0 Å². The van der Waals surface area contributed by atoms with Crippen LogP contribution in [0.15, 0.2) is 30.3 Å². The Hall–Kier alpha value is -1.48. The SMILES string of the molecule is COc1cc(N)ccc1-c1ccc(C)s1. The topological polar surface area (TPSA) is 35.2 Å². The van der Waals surface area contributed by atoms with E-state index in [-0.39, 0.29) is 0 Å². The van der Waals surface area contributed by atoms with Crippen molar-refractivity contribution in [3.05, 3.63) is 35.2 Å². The third-order valence-corrected chi connectivity index (χ3v) is 3.27. The summed E-state index contributed by atoms with van der Waals surface area (Å²) in [5.74, 6) is 0.830. The van der Waals surface area contributed by atoms with Crippen LogP contribution in [0.4, 0.5) is 5.69 Å². The van der Waals surface area contributed by atoms with E-state index < -0.39 is 0 Å². The quantitative estimate of drug-likeness (QED) is 0.786. The van der Waals surface area contributed by atoms with Crippen molar-refractivity contribution in [1.29, 1.82) is 0 Å². The molecule has 0 bridgehead atoms. The van der Waals surface area contributed by atoms with Gasteiger partial charge in [0.15, 0.2) is 0 Å². The number of aryl methyl sites for hydroxylation is 1. The minimum absolute atomic E-state index is 0.726. The molecule has 0 saturated heterocycles. The van der Waals surface area contributed by atoms with Crippen molar-refractivity contribution in [3.8, 4) is 16.2 Å². The highest BCUT2D eigenvalue weighted by Crippen LogP contribution is 2.35. The molecule has 0 amide bonds. The third kappa shape index (κ3) is 1.97. The fraction of sp³-hybridized carbons (Fsp3) is 0.167. The van der Waals surface area contributed by atoms with E-state index in [1.807, 2.05) is 18.2 Å². The van der Waals surface area contributed by atoms with Crippen LogP contribution < -0.4 is 10.5 Å². The van der Waals surface area contributed by atoms with E-state index >= 15 is 0 Å². The van der Waals surface area contributed by atoms with Gasteiger partial charge in [-0.2, -0.15) is 0 Å². The molecule has 3 heteroatoms. The molecular formula is C12H13NOS. The van der Waals surface area contributed by atoms with Crippen LogP contribution in [0.2, 0.25) is 0 Å². The van der Waals surface area contributed by atoms with E-state index in [1.54, 1.807) is 18.4 Å². The molecule has 0 aliphatic heterocycles. The molecule has 1 aromatic carbocycles. The van der Waals surface area contributed by atoms with E-state index in [0.29, 0.717) is 0 Å². The second-order valence-corrected chi connectivity index (χ2v) is 4.66. The first-order valence-electron chi connectivity index (χ1n) is 4.71. The summed E-state index contributed by atoms with van der Waals surface area (Å²) in [6.45, 7) is 2.10. The Morgan fingerprint density at radius 3 is 2.60 bits per heavy atom. The number of ether oxygens (including phenoxy) is 1. The number of hydrogen-bond acceptors (Lipinski definition) is 3. The molecule has 1 heterocycles. The fourth-order valence-electron chi connectivity index (χ4n) is 1.49. The maximum absolute atomic E-state index is 5.71. The lowest BCUT2D eigenvalue weighted by Gasteiger charge is -2.07. The molecule has 1 aromatic heterocycles. The van der Waals surface area contributed by atoms with E-state index in [1.165, 1.54) is 9.75 Å². The molecule has 0 saturated carbocycles. The molecule has 0 atom stereocenters. The van der Waals surface area contributed by atoms with Gasteiger partial charge in [0.1, 0.15) is 5.75 Å². The maximum Gasteiger partial charge on any atom is 0.129 e. The molecular weight excluding hydrogens is 206 g/mol. The Bertz CT molecular complexity index is 476. The summed E-state index contributed by atoms with van der Waals surface area (Å²) in [5, 5.41) is 0. The van der Waals surface area contributed by atoms with Gasteiger partial charge in [-0.25, -0.2) is 0 Å². The highest BCUT2D eigenvalue weighted by molar-refractivity contribution is 7.15. The van der Waals surface area contributed by atoms with E-state index in [9.17, 15) is 0 Å². The van der Waals surface area contributed by atoms with Crippen molar-refractivity contribution in [3.63, 3.8) is 0 Å². The first-order chi connectivity index (χ1) is 7.20. The lowest BCUT2D eigenvalue weighted by molar-refractivity contribution is 0.417. The zero-order chi connectivity index (χ0) is 10.8. The van der Waals surface area contributed by atoms with Crippen LogP contribution in [0.5, 0.6) is 5.75 Å². The Balaban J connectivity index is 2.52. The molecule has 0 aliphatic carbocycles.